The molecular weight excluding hydrogens is 416 g/mol. The van der Waals surface area contributed by atoms with Gasteiger partial charge in [0.25, 0.3) is 5.91 Å². The molecule has 0 bridgehead atoms. The van der Waals surface area contributed by atoms with Crippen molar-refractivity contribution in [1.29, 1.82) is 0 Å². The van der Waals surface area contributed by atoms with E-state index >= 15 is 0 Å². The number of amides is 1. The molecule has 1 aliphatic heterocycles. The minimum absolute atomic E-state index is 0.285. The number of pyridine rings is 1. The number of rotatable bonds is 5. The van der Waals surface area contributed by atoms with Crippen LogP contribution in [-0.2, 0) is 0 Å². The van der Waals surface area contributed by atoms with Crippen LogP contribution in [0.2, 0.25) is 5.02 Å². The second-order valence-electron chi connectivity index (χ2n) is 7.19. The summed E-state index contributed by atoms with van der Waals surface area (Å²) in [6, 6.07) is 8.85. The van der Waals surface area contributed by atoms with E-state index < -0.39 is 0 Å². The van der Waals surface area contributed by atoms with Gasteiger partial charge in [0, 0.05) is 32.4 Å². The van der Waals surface area contributed by atoms with Gasteiger partial charge in [0.1, 0.15) is 11.6 Å². The van der Waals surface area contributed by atoms with E-state index in [4.69, 9.17) is 11.6 Å². The van der Waals surface area contributed by atoms with E-state index in [0.717, 1.165) is 31.7 Å². The summed E-state index contributed by atoms with van der Waals surface area (Å²) < 4.78 is 0. The van der Waals surface area contributed by atoms with Gasteiger partial charge in [0.15, 0.2) is 0 Å². The number of carbonyl (C=O) groups excluding carboxylic acids is 1. The molecule has 9 nitrogen and oxygen atoms in total. The Bertz CT molecular complexity index is 1060. The van der Waals surface area contributed by atoms with Crippen LogP contribution in [0, 0.1) is 13.8 Å². The predicted octanol–water partition coefficient (Wildman–Crippen LogP) is 2.94. The largest absolute Gasteiger partial charge is 0.338 e. The van der Waals surface area contributed by atoms with Crippen LogP contribution in [0.25, 0.3) is 0 Å². The van der Waals surface area contributed by atoms with E-state index in [9.17, 15) is 4.79 Å². The maximum Gasteiger partial charge on any atom is 0.257 e. The van der Waals surface area contributed by atoms with E-state index in [-0.39, 0.29) is 5.91 Å². The van der Waals surface area contributed by atoms with Crippen LogP contribution >= 0.6 is 11.6 Å². The number of aryl methyl sites for hydroxylation is 2. The molecule has 0 saturated carbocycles. The van der Waals surface area contributed by atoms with Crippen LogP contribution in [0.4, 0.5) is 23.4 Å². The van der Waals surface area contributed by atoms with E-state index in [1.165, 1.54) is 6.20 Å². The summed E-state index contributed by atoms with van der Waals surface area (Å²) in [5.41, 5.74) is 1.90. The molecule has 1 aromatic carbocycles. The van der Waals surface area contributed by atoms with Crippen molar-refractivity contribution in [2.75, 3.05) is 41.7 Å². The number of aromatic nitrogens is 4. The van der Waals surface area contributed by atoms with Gasteiger partial charge in [-0.2, -0.15) is 15.0 Å². The molecule has 0 atom stereocenters. The van der Waals surface area contributed by atoms with Gasteiger partial charge in [-0.3, -0.25) is 4.79 Å². The van der Waals surface area contributed by atoms with Crippen molar-refractivity contribution >= 4 is 40.9 Å². The van der Waals surface area contributed by atoms with Crippen molar-refractivity contribution in [3.05, 3.63) is 58.5 Å². The fourth-order valence-electron chi connectivity index (χ4n) is 3.22. The van der Waals surface area contributed by atoms with Crippen LogP contribution in [0.1, 0.15) is 21.7 Å². The first kappa shape index (κ1) is 21.0. The van der Waals surface area contributed by atoms with Crippen molar-refractivity contribution < 1.29 is 4.79 Å². The molecule has 160 valence electrons. The van der Waals surface area contributed by atoms with E-state index in [2.05, 4.69) is 40.8 Å². The van der Waals surface area contributed by atoms with Gasteiger partial charge in [0.05, 0.1) is 16.3 Å². The van der Waals surface area contributed by atoms with E-state index in [1.54, 1.807) is 18.2 Å². The zero-order valence-electron chi connectivity index (χ0n) is 17.3. The second kappa shape index (κ2) is 9.23. The zero-order chi connectivity index (χ0) is 21.8. The molecule has 10 heteroatoms. The standard InChI is InChI=1S/C21H23ClN8O/c1-13-4-3-5-16(22)18(13)28-19(31)15-6-7-17(24-12-15)27-20-25-14(2)26-21(29-20)30-10-8-23-9-11-30/h3-7,12,23H,8-11H2,1-2H3,(H,28,31)(H,24,25,26,27,29). The van der Waals surface area contributed by atoms with Crippen molar-refractivity contribution in [2.24, 2.45) is 0 Å². The first-order valence-electron chi connectivity index (χ1n) is 9.97. The minimum atomic E-state index is -0.285. The molecule has 0 radical (unpaired) electrons. The topological polar surface area (TPSA) is 108 Å². The number of piperazine rings is 1. The maximum absolute atomic E-state index is 12.6. The van der Waals surface area contributed by atoms with Gasteiger partial charge in [-0.25, -0.2) is 4.98 Å². The lowest BCUT2D eigenvalue weighted by Crippen LogP contribution is -2.44. The second-order valence-corrected chi connectivity index (χ2v) is 7.59. The Morgan fingerprint density at radius 3 is 2.61 bits per heavy atom. The fraction of sp³-hybridized carbons (Fsp3) is 0.286. The van der Waals surface area contributed by atoms with Gasteiger partial charge < -0.3 is 20.9 Å². The number of para-hydroxylation sites is 1. The predicted molar refractivity (Wildman–Crippen MR) is 121 cm³/mol. The first-order valence-corrected chi connectivity index (χ1v) is 10.4. The number of nitrogens with zero attached hydrogens (tertiary/aromatic N) is 5. The van der Waals surface area contributed by atoms with Gasteiger partial charge in [-0.1, -0.05) is 23.7 Å². The van der Waals surface area contributed by atoms with Gasteiger partial charge >= 0.3 is 0 Å². The summed E-state index contributed by atoms with van der Waals surface area (Å²) in [6.45, 7) is 7.19. The quantitative estimate of drug-likeness (QED) is 0.558. The molecule has 3 N–H and O–H groups in total. The number of halogens is 1. The molecule has 1 saturated heterocycles. The van der Waals surface area contributed by atoms with E-state index in [1.807, 2.05) is 26.0 Å². The first-order chi connectivity index (χ1) is 15.0. The van der Waals surface area contributed by atoms with Crippen LogP contribution < -0.4 is 20.9 Å². The number of benzene rings is 1. The average molecular weight is 439 g/mol. The molecule has 0 aliphatic carbocycles. The number of nitrogens with one attached hydrogen (secondary N) is 3. The highest BCUT2D eigenvalue weighted by Gasteiger charge is 2.16. The van der Waals surface area contributed by atoms with Gasteiger partial charge in [-0.15, -0.1) is 0 Å². The molecule has 1 aliphatic rings. The SMILES string of the molecule is Cc1nc(Nc2ccc(C(=O)Nc3c(C)cccc3Cl)cn2)nc(N2CCNCC2)n1. The van der Waals surface area contributed by atoms with Crippen LogP contribution in [0.5, 0.6) is 0 Å². The molecule has 0 unspecified atom stereocenters. The Hall–Kier alpha value is -3.30. The summed E-state index contributed by atoms with van der Waals surface area (Å²) in [6.07, 6.45) is 1.50. The lowest BCUT2D eigenvalue weighted by atomic mass is 10.2. The summed E-state index contributed by atoms with van der Waals surface area (Å²) in [5, 5.41) is 9.73. The molecular formula is C21H23ClN8O. The summed E-state index contributed by atoms with van der Waals surface area (Å²) >= 11 is 6.19. The molecule has 2 aromatic heterocycles. The fourth-order valence-corrected chi connectivity index (χ4v) is 3.49. The lowest BCUT2D eigenvalue weighted by molar-refractivity contribution is 0.102. The highest BCUT2D eigenvalue weighted by Crippen LogP contribution is 2.26. The number of anilines is 4. The molecule has 31 heavy (non-hydrogen) atoms. The van der Waals surface area contributed by atoms with Crippen molar-refractivity contribution in [3.63, 3.8) is 0 Å². The Morgan fingerprint density at radius 2 is 1.90 bits per heavy atom. The highest BCUT2D eigenvalue weighted by molar-refractivity contribution is 6.34. The maximum atomic E-state index is 12.6. The van der Waals surface area contributed by atoms with Gasteiger partial charge in [0.2, 0.25) is 11.9 Å². The number of hydrogen-bond donors (Lipinski definition) is 3. The Morgan fingerprint density at radius 1 is 1.10 bits per heavy atom. The molecule has 1 fully saturated rings. The smallest absolute Gasteiger partial charge is 0.257 e. The monoisotopic (exact) mass is 438 g/mol. The van der Waals surface area contributed by atoms with Crippen molar-refractivity contribution in [1.82, 2.24) is 25.3 Å². The van der Waals surface area contributed by atoms with Crippen LogP contribution in [0.15, 0.2) is 36.5 Å². The molecule has 0 spiro atoms. The van der Waals surface area contributed by atoms with E-state index in [0.29, 0.717) is 39.8 Å². The summed E-state index contributed by atoms with van der Waals surface area (Å²) in [7, 11) is 0. The van der Waals surface area contributed by atoms with Crippen LogP contribution in [-0.4, -0.2) is 52.0 Å². The third-order valence-corrected chi connectivity index (χ3v) is 5.18. The van der Waals surface area contributed by atoms with Gasteiger partial charge in [-0.05, 0) is 37.6 Å². The lowest BCUT2D eigenvalue weighted by Gasteiger charge is -2.27. The van der Waals surface area contributed by atoms with Crippen molar-refractivity contribution in [3.8, 4) is 0 Å². The molecule has 3 heterocycles. The summed E-state index contributed by atoms with van der Waals surface area (Å²) in [5.74, 6) is 1.92. The highest BCUT2D eigenvalue weighted by atomic mass is 35.5. The molecule has 4 rings (SSSR count). The molecule has 3 aromatic rings. The number of hydrogen-bond acceptors (Lipinski definition) is 8. The third-order valence-electron chi connectivity index (χ3n) is 4.86. The minimum Gasteiger partial charge on any atom is -0.338 e. The molecule has 1 amide bonds. The van der Waals surface area contributed by atoms with Crippen LogP contribution in [0.3, 0.4) is 0 Å². The zero-order valence-corrected chi connectivity index (χ0v) is 18.1. The Labute approximate surface area is 185 Å². The third kappa shape index (κ3) is 5.07. The average Bonchev–Trinajstić information content (AvgIpc) is 2.77. The number of carbonyl (C=O) groups is 1. The Balaban J connectivity index is 1.46. The normalized spacial score (nSPS) is 13.7. The summed E-state index contributed by atoms with van der Waals surface area (Å²) in [4.78, 5) is 32.3. The van der Waals surface area contributed by atoms with Crippen molar-refractivity contribution in [2.45, 2.75) is 13.8 Å². The Kier molecular flexibility index (Phi) is 6.24.